The van der Waals surface area contributed by atoms with Gasteiger partial charge >= 0.3 is 11.8 Å². The van der Waals surface area contributed by atoms with Gasteiger partial charge in [-0.1, -0.05) is 0 Å². The lowest BCUT2D eigenvalue weighted by molar-refractivity contribution is -0.384. The lowest BCUT2D eigenvalue weighted by Gasteiger charge is -2.34. The molecule has 1 aromatic heterocycles. The second-order valence-corrected chi connectivity index (χ2v) is 5.92. The minimum Gasteiger partial charge on any atom is -0.494 e. The van der Waals surface area contributed by atoms with E-state index in [2.05, 4.69) is 15.3 Å². The number of nitro benzene ring substituents is 1. The van der Waals surface area contributed by atoms with Crippen LogP contribution in [-0.2, 0) is 9.59 Å². The minimum absolute atomic E-state index is 0.0985. The molecule has 0 unspecified atom stereocenters. The van der Waals surface area contributed by atoms with Crippen LogP contribution in [0.4, 0.5) is 17.3 Å². The van der Waals surface area contributed by atoms with Crippen LogP contribution < -0.4 is 15.0 Å². The highest BCUT2D eigenvalue weighted by atomic mass is 16.6. The number of hydrogen-bond donors (Lipinski definition) is 1. The van der Waals surface area contributed by atoms with Gasteiger partial charge in [0, 0.05) is 44.6 Å². The fourth-order valence-corrected chi connectivity index (χ4v) is 2.78. The van der Waals surface area contributed by atoms with Crippen molar-refractivity contribution in [3.63, 3.8) is 0 Å². The Kier molecular flexibility index (Phi) is 5.63. The minimum atomic E-state index is -0.837. The number of benzene rings is 1. The molecule has 11 nitrogen and oxygen atoms in total. The Morgan fingerprint density at radius 1 is 1.18 bits per heavy atom. The van der Waals surface area contributed by atoms with E-state index in [1.807, 2.05) is 4.90 Å². The Balaban J connectivity index is 1.61. The molecular weight excluding hydrogens is 368 g/mol. The number of hydrogen-bond acceptors (Lipinski definition) is 8. The number of piperazine rings is 1. The number of amides is 2. The van der Waals surface area contributed by atoms with Crippen LogP contribution in [0, 0.1) is 10.1 Å². The number of nitrogens with one attached hydrogen (secondary N) is 1. The summed E-state index contributed by atoms with van der Waals surface area (Å²) in [5.41, 5.74) is 0.00296. The third-order valence-electron chi connectivity index (χ3n) is 4.24. The molecule has 2 heterocycles. The second kappa shape index (κ2) is 8.29. The molecule has 0 radical (unpaired) electrons. The Hall–Kier alpha value is -3.76. The van der Waals surface area contributed by atoms with Crippen molar-refractivity contribution in [1.82, 2.24) is 14.9 Å². The van der Waals surface area contributed by atoms with Crippen molar-refractivity contribution in [2.75, 3.05) is 43.5 Å². The van der Waals surface area contributed by atoms with Crippen LogP contribution in [0.5, 0.6) is 5.75 Å². The fourth-order valence-electron chi connectivity index (χ4n) is 2.78. The molecule has 2 amide bonds. The van der Waals surface area contributed by atoms with Gasteiger partial charge in [0.1, 0.15) is 5.75 Å². The first-order valence-electron chi connectivity index (χ1n) is 8.44. The van der Waals surface area contributed by atoms with Gasteiger partial charge < -0.3 is 19.9 Å². The Bertz CT molecular complexity index is 883. The molecule has 0 aliphatic carbocycles. The zero-order chi connectivity index (χ0) is 20.1. The number of carbonyl (C=O) groups is 2. The zero-order valence-electron chi connectivity index (χ0n) is 15.1. The van der Waals surface area contributed by atoms with Crippen molar-refractivity contribution in [1.29, 1.82) is 0 Å². The van der Waals surface area contributed by atoms with Crippen LogP contribution in [0.1, 0.15) is 0 Å². The normalized spacial score (nSPS) is 13.8. The maximum absolute atomic E-state index is 12.4. The predicted molar refractivity (Wildman–Crippen MR) is 99.1 cm³/mol. The average molecular weight is 386 g/mol. The molecule has 2 aromatic rings. The number of nitro groups is 1. The fraction of sp³-hybridized carbons (Fsp3) is 0.294. The second-order valence-electron chi connectivity index (χ2n) is 5.92. The molecule has 146 valence electrons. The number of rotatable bonds is 4. The third kappa shape index (κ3) is 4.14. The summed E-state index contributed by atoms with van der Waals surface area (Å²) in [6.07, 6.45) is 3.29. The van der Waals surface area contributed by atoms with Crippen LogP contribution in [-0.4, -0.2) is 64.9 Å². The van der Waals surface area contributed by atoms with Gasteiger partial charge in [-0.2, -0.15) is 0 Å². The molecule has 28 heavy (non-hydrogen) atoms. The van der Waals surface area contributed by atoms with Crippen molar-refractivity contribution >= 4 is 29.1 Å². The number of methoxy groups -OCH3 is 1. The smallest absolute Gasteiger partial charge is 0.314 e. The molecule has 1 aromatic carbocycles. The van der Waals surface area contributed by atoms with E-state index in [0.29, 0.717) is 32.1 Å². The van der Waals surface area contributed by atoms with Gasteiger partial charge in [0.05, 0.1) is 23.8 Å². The van der Waals surface area contributed by atoms with Gasteiger partial charge in [-0.15, -0.1) is 0 Å². The van der Waals surface area contributed by atoms with Crippen LogP contribution >= 0.6 is 0 Å². The number of nitrogens with zero attached hydrogens (tertiary/aromatic N) is 5. The van der Waals surface area contributed by atoms with E-state index in [0.717, 1.165) is 0 Å². The van der Waals surface area contributed by atoms with E-state index in [4.69, 9.17) is 4.74 Å². The van der Waals surface area contributed by atoms with E-state index in [1.165, 1.54) is 30.2 Å². The summed E-state index contributed by atoms with van der Waals surface area (Å²) in [5, 5.41) is 13.3. The molecule has 1 aliphatic heterocycles. The summed E-state index contributed by atoms with van der Waals surface area (Å²) in [6, 6.07) is 5.45. The first-order chi connectivity index (χ1) is 13.5. The molecule has 3 rings (SSSR count). The van der Waals surface area contributed by atoms with Crippen LogP contribution in [0.3, 0.4) is 0 Å². The van der Waals surface area contributed by atoms with Crippen molar-refractivity contribution in [3.8, 4) is 5.75 Å². The number of anilines is 2. The first-order valence-corrected chi connectivity index (χ1v) is 8.44. The van der Waals surface area contributed by atoms with Gasteiger partial charge in [-0.05, 0) is 12.1 Å². The summed E-state index contributed by atoms with van der Waals surface area (Å²) in [7, 11) is 1.32. The molecule has 0 atom stereocenters. The van der Waals surface area contributed by atoms with Crippen molar-refractivity contribution in [2.45, 2.75) is 0 Å². The summed E-state index contributed by atoms with van der Waals surface area (Å²) in [6.45, 7) is 1.71. The molecule has 1 N–H and O–H groups in total. The van der Waals surface area contributed by atoms with E-state index >= 15 is 0 Å². The van der Waals surface area contributed by atoms with E-state index in [-0.39, 0.29) is 17.1 Å². The predicted octanol–water partition coefficient (Wildman–Crippen LogP) is 0.681. The van der Waals surface area contributed by atoms with Gasteiger partial charge in [0.25, 0.3) is 5.69 Å². The number of aromatic nitrogens is 2. The van der Waals surface area contributed by atoms with Crippen LogP contribution in [0.15, 0.2) is 36.7 Å². The molecule has 1 saturated heterocycles. The largest absolute Gasteiger partial charge is 0.494 e. The van der Waals surface area contributed by atoms with Gasteiger partial charge in [-0.25, -0.2) is 9.97 Å². The maximum Gasteiger partial charge on any atom is 0.314 e. The van der Waals surface area contributed by atoms with Crippen molar-refractivity contribution in [2.24, 2.45) is 0 Å². The third-order valence-corrected chi connectivity index (χ3v) is 4.24. The molecule has 0 bridgehead atoms. The number of carbonyl (C=O) groups excluding carboxylic acids is 2. The monoisotopic (exact) mass is 386 g/mol. The summed E-state index contributed by atoms with van der Waals surface area (Å²) in [5.74, 6) is -0.846. The molecule has 1 fully saturated rings. The van der Waals surface area contributed by atoms with Crippen molar-refractivity contribution < 1.29 is 19.2 Å². The van der Waals surface area contributed by atoms with E-state index in [9.17, 15) is 19.7 Å². The molecule has 1 aliphatic rings. The quantitative estimate of drug-likeness (QED) is 0.461. The van der Waals surface area contributed by atoms with Gasteiger partial charge in [0.2, 0.25) is 5.95 Å². The van der Waals surface area contributed by atoms with Crippen LogP contribution in [0.2, 0.25) is 0 Å². The van der Waals surface area contributed by atoms with Gasteiger partial charge in [0.15, 0.2) is 0 Å². The topological polar surface area (TPSA) is 131 Å². The zero-order valence-corrected chi connectivity index (χ0v) is 15.1. The Morgan fingerprint density at radius 2 is 1.86 bits per heavy atom. The molecule has 11 heteroatoms. The Labute approximate surface area is 160 Å². The highest BCUT2D eigenvalue weighted by Gasteiger charge is 2.27. The summed E-state index contributed by atoms with van der Waals surface area (Å²) < 4.78 is 5.06. The standard InChI is InChI=1S/C17H18N6O5/c1-28-14-11-12(23(26)27)3-4-13(14)20-15(24)16(25)21-7-9-22(10-8-21)17-18-5-2-6-19-17/h2-6,11H,7-10H2,1H3,(H,20,24). The Morgan fingerprint density at radius 3 is 2.46 bits per heavy atom. The highest BCUT2D eigenvalue weighted by Crippen LogP contribution is 2.29. The van der Waals surface area contributed by atoms with Gasteiger partial charge in [-0.3, -0.25) is 19.7 Å². The lowest BCUT2D eigenvalue weighted by atomic mass is 10.2. The summed E-state index contributed by atoms with van der Waals surface area (Å²) >= 11 is 0. The lowest BCUT2D eigenvalue weighted by Crippen LogP contribution is -2.52. The molecule has 0 saturated carbocycles. The molecule has 0 spiro atoms. The van der Waals surface area contributed by atoms with Crippen molar-refractivity contribution in [3.05, 3.63) is 46.8 Å². The highest BCUT2D eigenvalue weighted by molar-refractivity contribution is 6.39. The van der Waals surface area contributed by atoms with E-state index < -0.39 is 16.7 Å². The number of non-ortho nitro benzene ring substituents is 1. The first kappa shape index (κ1) is 19.0. The molecular formula is C17H18N6O5. The average Bonchev–Trinajstić information content (AvgIpc) is 2.74. The maximum atomic E-state index is 12.4. The summed E-state index contributed by atoms with van der Waals surface area (Å²) in [4.78, 5) is 46.7. The number of ether oxygens (including phenoxy) is 1. The van der Waals surface area contributed by atoms with Crippen LogP contribution in [0.25, 0.3) is 0 Å². The SMILES string of the molecule is COc1cc([N+](=O)[O-])ccc1NC(=O)C(=O)N1CCN(c2ncccn2)CC1. The van der Waals surface area contributed by atoms with E-state index in [1.54, 1.807) is 18.5 Å².